The van der Waals surface area contributed by atoms with E-state index in [-0.39, 0.29) is 24.8 Å². The van der Waals surface area contributed by atoms with Crippen molar-refractivity contribution in [3.63, 3.8) is 0 Å². The predicted octanol–water partition coefficient (Wildman–Crippen LogP) is 4.18. The lowest BCUT2D eigenvalue weighted by Gasteiger charge is -2.31. The Morgan fingerprint density at radius 3 is 2.23 bits per heavy atom. The van der Waals surface area contributed by atoms with Crippen LogP contribution < -0.4 is 9.62 Å². The Balaban J connectivity index is 2.20. The SMILES string of the molecule is CCCNC(=O)[C@@H](CC)N(Cc1ccccc1C)C(=O)CCCN(c1ccc(C)cc1)S(C)(=O)=O. The molecule has 2 aromatic rings. The normalized spacial score (nSPS) is 12.1. The van der Waals surface area contributed by atoms with Crippen molar-refractivity contribution in [2.75, 3.05) is 23.7 Å². The van der Waals surface area contributed by atoms with Gasteiger partial charge in [0.15, 0.2) is 0 Å². The number of carbonyl (C=O) groups excluding carboxylic acids is 2. The van der Waals surface area contributed by atoms with Gasteiger partial charge in [-0.2, -0.15) is 0 Å². The Morgan fingerprint density at radius 2 is 1.66 bits per heavy atom. The highest BCUT2D eigenvalue weighted by molar-refractivity contribution is 7.92. The van der Waals surface area contributed by atoms with Crippen LogP contribution in [-0.4, -0.2) is 50.5 Å². The second-order valence-electron chi connectivity index (χ2n) is 8.94. The summed E-state index contributed by atoms with van der Waals surface area (Å²) in [5, 5.41) is 2.92. The molecule has 0 aliphatic carbocycles. The van der Waals surface area contributed by atoms with Gasteiger partial charge in [-0.3, -0.25) is 13.9 Å². The molecule has 0 radical (unpaired) electrons. The molecule has 35 heavy (non-hydrogen) atoms. The van der Waals surface area contributed by atoms with Gasteiger partial charge in [-0.05, 0) is 56.4 Å². The number of benzene rings is 2. The van der Waals surface area contributed by atoms with Gasteiger partial charge in [-0.1, -0.05) is 55.8 Å². The second-order valence-corrected chi connectivity index (χ2v) is 10.8. The maximum Gasteiger partial charge on any atom is 0.242 e. The fourth-order valence-corrected chi connectivity index (χ4v) is 4.94. The molecule has 0 heterocycles. The van der Waals surface area contributed by atoms with Gasteiger partial charge in [0.1, 0.15) is 6.04 Å². The zero-order valence-corrected chi connectivity index (χ0v) is 22.4. The van der Waals surface area contributed by atoms with Crippen LogP contribution in [0.3, 0.4) is 0 Å². The number of aryl methyl sites for hydroxylation is 2. The van der Waals surface area contributed by atoms with E-state index in [1.54, 1.807) is 17.0 Å². The van der Waals surface area contributed by atoms with Crippen molar-refractivity contribution < 1.29 is 18.0 Å². The molecule has 0 aromatic heterocycles. The first-order valence-electron chi connectivity index (χ1n) is 12.2. The van der Waals surface area contributed by atoms with Crippen molar-refractivity contribution in [1.29, 1.82) is 0 Å². The largest absolute Gasteiger partial charge is 0.354 e. The van der Waals surface area contributed by atoms with Crippen molar-refractivity contribution >= 4 is 27.5 Å². The quantitative estimate of drug-likeness (QED) is 0.446. The summed E-state index contributed by atoms with van der Waals surface area (Å²) in [5.74, 6) is -0.321. The van der Waals surface area contributed by atoms with Crippen LogP contribution in [0.5, 0.6) is 0 Å². The first-order valence-corrected chi connectivity index (χ1v) is 14.1. The number of carbonyl (C=O) groups is 2. The Kier molecular flexibility index (Phi) is 10.8. The number of anilines is 1. The third-order valence-electron chi connectivity index (χ3n) is 6.01. The minimum atomic E-state index is -3.50. The van der Waals surface area contributed by atoms with Crippen molar-refractivity contribution in [1.82, 2.24) is 10.2 Å². The third-order valence-corrected chi connectivity index (χ3v) is 7.21. The van der Waals surface area contributed by atoms with E-state index in [4.69, 9.17) is 0 Å². The van der Waals surface area contributed by atoms with Gasteiger partial charge in [0, 0.05) is 26.1 Å². The number of rotatable bonds is 13. The van der Waals surface area contributed by atoms with Gasteiger partial charge in [-0.15, -0.1) is 0 Å². The lowest BCUT2D eigenvalue weighted by molar-refractivity contribution is -0.141. The molecule has 0 spiro atoms. The van der Waals surface area contributed by atoms with Crippen molar-refractivity contribution in [2.45, 2.75) is 66.0 Å². The lowest BCUT2D eigenvalue weighted by atomic mass is 10.1. The summed E-state index contributed by atoms with van der Waals surface area (Å²) >= 11 is 0. The van der Waals surface area contributed by atoms with Crippen LogP contribution in [0.4, 0.5) is 5.69 Å². The van der Waals surface area contributed by atoms with Gasteiger partial charge >= 0.3 is 0 Å². The van der Waals surface area contributed by atoms with Crippen molar-refractivity contribution in [2.24, 2.45) is 0 Å². The predicted molar refractivity (Wildman–Crippen MR) is 142 cm³/mol. The van der Waals surface area contributed by atoms with Gasteiger partial charge in [0.25, 0.3) is 0 Å². The van der Waals surface area contributed by atoms with Gasteiger partial charge in [-0.25, -0.2) is 8.42 Å². The maximum atomic E-state index is 13.4. The highest BCUT2D eigenvalue weighted by Crippen LogP contribution is 2.20. The van der Waals surface area contributed by atoms with Gasteiger partial charge in [0.05, 0.1) is 11.9 Å². The highest BCUT2D eigenvalue weighted by atomic mass is 32.2. The van der Waals surface area contributed by atoms with E-state index in [0.717, 1.165) is 23.1 Å². The van der Waals surface area contributed by atoms with Crippen LogP contribution >= 0.6 is 0 Å². The van der Waals surface area contributed by atoms with E-state index >= 15 is 0 Å². The minimum Gasteiger partial charge on any atom is -0.354 e. The van der Waals surface area contributed by atoms with Crippen LogP contribution in [0.15, 0.2) is 48.5 Å². The van der Waals surface area contributed by atoms with E-state index in [1.807, 2.05) is 64.1 Å². The summed E-state index contributed by atoms with van der Waals surface area (Å²) < 4.78 is 26.2. The number of nitrogens with zero attached hydrogens (tertiary/aromatic N) is 2. The molecule has 2 amide bonds. The smallest absolute Gasteiger partial charge is 0.242 e. The van der Waals surface area contributed by atoms with E-state index in [0.29, 0.717) is 31.6 Å². The molecule has 1 N–H and O–H groups in total. The third kappa shape index (κ3) is 8.38. The van der Waals surface area contributed by atoms with Crippen molar-refractivity contribution in [3.05, 3.63) is 65.2 Å². The summed E-state index contributed by atoms with van der Waals surface area (Å²) in [4.78, 5) is 28.0. The fraction of sp³-hybridized carbons (Fsp3) is 0.481. The van der Waals surface area contributed by atoms with Crippen molar-refractivity contribution in [3.8, 4) is 0 Å². The molecule has 0 aliphatic rings. The van der Waals surface area contributed by atoms with E-state index < -0.39 is 16.1 Å². The molecule has 2 aromatic carbocycles. The first kappa shape index (κ1) is 28.4. The second kappa shape index (κ2) is 13.3. The Morgan fingerprint density at radius 1 is 1.00 bits per heavy atom. The molecule has 1 atom stereocenters. The Labute approximate surface area is 210 Å². The highest BCUT2D eigenvalue weighted by Gasteiger charge is 2.29. The van der Waals surface area contributed by atoms with Gasteiger partial charge in [0.2, 0.25) is 21.8 Å². The fourth-order valence-electron chi connectivity index (χ4n) is 3.97. The summed E-state index contributed by atoms with van der Waals surface area (Å²) in [6.07, 6.45) is 2.96. The van der Waals surface area contributed by atoms with Gasteiger partial charge < -0.3 is 10.2 Å². The molecule has 0 fully saturated rings. The molecule has 192 valence electrons. The topological polar surface area (TPSA) is 86.8 Å². The molecule has 0 unspecified atom stereocenters. The molecule has 2 rings (SSSR count). The summed E-state index contributed by atoms with van der Waals surface area (Å²) in [5.41, 5.74) is 3.65. The van der Waals surface area contributed by atoms with E-state index in [2.05, 4.69) is 5.32 Å². The molecular formula is C27H39N3O4S. The maximum absolute atomic E-state index is 13.4. The molecule has 0 bridgehead atoms. The van der Waals surface area contributed by atoms with E-state index in [1.165, 1.54) is 10.6 Å². The standard InChI is InChI=1S/C27H39N3O4S/c1-6-18-28-27(32)25(7-2)29(20-23-12-9-8-11-22(23)4)26(31)13-10-19-30(35(5,33)34)24-16-14-21(3)15-17-24/h8-9,11-12,14-17,25H,6-7,10,13,18-20H2,1-5H3,(H,28,32)/t25-/m1/s1. The Hall–Kier alpha value is -2.87. The minimum absolute atomic E-state index is 0.140. The van der Waals surface area contributed by atoms with Crippen LogP contribution in [0.1, 0.15) is 56.2 Å². The number of nitrogens with one attached hydrogen (secondary N) is 1. The molecule has 0 aliphatic heterocycles. The summed E-state index contributed by atoms with van der Waals surface area (Å²) in [6.45, 7) is 8.89. The van der Waals surface area contributed by atoms with Crippen LogP contribution in [-0.2, 0) is 26.2 Å². The summed E-state index contributed by atoms with van der Waals surface area (Å²) in [7, 11) is -3.50. The molecule has 7 nitrogen and oxygen atoms in total. The van der Waals surface area contributed by atoms with E-state index in [9.17, 15) is 18.0 Å². The van der Waals surface area contributed by atoms with Crippen LogP contribution in [0.2, 0.25) is 0 Å². The lowest BCUT2D eigenvalue weighted by Crippen LogP contribution is -2.49. The number of sulfonamides is 1. The first-order chi connectivity index (χ1) is 16.6. The molecular weight excluding hydrogens is 462 g/mol. The zero-order valence-electron chi connectivity index (χ0n) is 21.6. The Bertz CT molecular complexity index is 1080. The average molecular weight is 502 g/mol. The number of hydrogen-bond acceptors (Lipinski definition) is 4. The zero-order chi connectivity index (χ0) is 26.0. The summed E-state index contributed by atoms with van der Waals surface area (Å²) in [6, 6.07) is 14.5. The number of hydrogen-bond donors (Lipinski definition) is 1. The monoisotopic (exact) mass is 501 g/mol. The molecule has 8 heteroatoms. The molecule has 0 saturated carbocycles. The van der Waals surface area contributed by atoms with Crippen LogP contribution in [0, 0.1) is 13.8 Å². The van der Waals surface area contributed by atoms with Crippen LogP contribution in [0.25, 0.3) is 0 Å². The average Bonchev–Trinajstić information content (AvgIpc) is 2.81. The number of amides is 2. The molecule has 0 saturated heterocycles.